The third-order valence-electron chi connectivity index (χ3n) is 3.78. The summed E-state index contributed by atoms with van der Waals surface area (Å²) in [6, 6.07) is 12.1. The molecular formula is C16H19ClN4. The molecular weight excluding hydrogens is 284 g/mol. The molecule has 1 aliphatic rings. The summed E-state index contributed by atoms with van der Waals surface area (Å²) in [5.74, 6) is 0.841. The van der Waals surface area contributed by atoms with Crippen LogP contribution in [0.3, 0.4) is 0 Å². The summed E-state index contributed by atoms with van der Waals surface area (Å²) in [7, 11) is 2.16. The van der Waals surface area contributed by atoms with Gasteiger partial charge in [-0.05, 0) is 50.7 Å². The molecule has 1 N–H and O–H groups in total. The zero-order chi connectivity index (χ0) is 14.7. The highest BCUT2D eigenvalue weighted by Gasteiger charge is 2.17. The highest BCUT2D eigenvalue weighted by molar-refractivity contribution is 6.30. The Morgan fingerprint density at radius 2 is 1.95 bits per heavy atom. The molecule has 0 unspecified atom stereocenters. The van der Waals surface area contributed by atoms with Crippen molar-refractivity contribution in [1.82, 2.24) is 15.1 Å². The number of aromatic nitrogens is 2. The minimum absolute atomic E-state index is 0.458. The zero-order valence-corrected chi connectivity index (χ0v) is 12.8. The Morgan fingerprint density at radius 3 is 2.62 bits per heavy atom. The number of nitrogens with one attached hydrogen (secondary N) is 1. The van der Waals surface area contributed by atoms with Crippen LogP contribution < -0.4 is 5.32 Å². The number of hydrogen-bond acceptors (Lipinski definition) is 4. The number of nitrogens with zero attached hydrogens (tertiary/aromatic N) is 3. The predicted octanol–water partition coefficient (Wildman–Crippen LogP) is 3.30. The standard InChI is InChI=1S/C16H19ClN4/c1-21-10-2-3-14(11-21)18-16-9-8-15(19-20-16)12-4-6-13(17)7-5-12/h4-9,14H,2-3,10-11H2,1H3,(H,18,20)/t14-/m1/s1. The number of hydrogen-bond donors (Lipinski definition) is 1. The van der Waals surface area contributed by atoms with E-state index in [1.807, 2.05) is 36.4 Å². The molecule has 0 spiro atoms. The van der Waals surface area contributed by atoms with Gasteiger partial charge in [0.25, 0.3) is 0 Å². The normalized spacial score (nSPS) is 19.4. The highest BCUT2D eigenvalue weighted by atomic mass is 35.5. The number of halogens is 1. The average molecular weight is 303 g/mol. The van der Waals surface area contributed by atoms with Gasteiger partial charge in [-0.25, -0.2) is 0 Å². The first-order chi connectivity index (χ1) is 10.2. The maximum Gasteiger partial charge on any atom is 0.148 e. The Kier molecular flexibility index (Phi) is 4.36. The van der Waals surface area contributed by atoms with E-state index in [0.717, 1.165) is 28.6 Å². The van der Waals surface area contributed by atoms with Crippen molar-refractivity contribution in [3.8, 4) is 11.3 Å². The molecule has 21 heavy (non-hydrogen) atoms. The molecule has 1 aromatic carbocycles. The van der Waals surface area contributed by atoms with E-state index in [2.05, 4.69) is 27.5 Å². The first kappa shape index (κ1) is 14.3. The molecule has 4 nitrogen and oxygen atoms in total. The summed E-state index contributed by atoms with van der Waals surface area (Å²) in [4.78, 5) is 2.34. The van der Waals surface area contributed by atoms with Gasteiger partial charge < -0.3 is 10.2 Å². The Balaban J connectivity index is 1.67. The largest absolute Gasteiger partial charge is 0.365 e. The zero-order valence-electron chi connectivity index (χ0n) is 12.1. The number of anilines is 1. The molecule has 5 heteroatoms. The predicted molar refractivity (Wildman–Crippen MR) is 86.6 cm³/mol. The minimum Gasteiger partial charge on any atom is -0.365 e. The lowest BCUT2D eigenvalue weighted by atomic mass is 10.1. The molecule has 0 saturated carbocycles. The number of benzene rings is 1. The van der Waals surface area contributed by atoms with E-state index in [0.29, 0.717) is 6.04 Å². The van der Waals surface area contributed by atoms with E-state index in [-0.39, 0.29) is 0 Å². The Morgan fingerprint density at radius 1 is 1.14 bits per heavy atom. The summed E-state index contributed by atoms with van der Waals surface area (Å²) < 4.78 is 0. The number of piperidine rings is 1. The van der Waals surface area contributed by atoms with Gasteiger partial charge in [-0.2, -0.15) is 0 Å². The topological polar surface area (TPSA) is 41.0 Å². The summed E-state index contributed by atoms with van der Waals surface area (Å²) in [5, 5.41) is 12.8. The Bertz CT molecular complexity index is 582. The molecule has 1 saturated heterocycles. The van der Waals surface area contributed by atoms with Gasteiger partial charge in [0.15, 0.2) is 0 Å². The summed E-state index contributed by atoms with van der Waals surface area (Å²) in [6.45, 7) is 2.24. The van der Waals surface area contributed by atoms with E-state index in [1.54, 1.807) is 0 Å². The quantitative estimate of drug-likeness (QED) is 0.944. The fourth-order valence-corrected chi connectivity index (χ4v) is 2.80. The molecule has 0 amide bonds. The lowest BCUT2D eigenvalue weighted by molar-refractivity contribution is 0.260. The van der Waals surface area contributed by atoms with E-state index >= 15 is 0 Å². The van der Waals surface area contributed by atoms with E-state index < -0.39 is 0 Å². The summed E-state index contributed by atoms with van der Waals surface area (Å²) in [6.07, 6.45) is 2.41. The van der Waals surface area contributed by atoms with Crippen LogP contribution >= 0.6 is 11.6 Å². The molecule has 0 bridgehead atoms. The lowest BCUT2D eigenvalue weighted by Crippen LogP contribution is -2.39. The van der Waals surface area contributed by atoms with Crippen molar-refractivity contribution in [1.29, 1.82) is 0 Å². The first-order valence-corrected chi connectivity index (χ1v) is 7.63. The first-order valence-electron chi connectivity index (χ1n) is 7.25. The molecule has 0 radical (unpaired) electrons. The number of likely N-dealkylation sites (tertiary alicyclic amines) is 1. The van der Waals surface area contributed by atoms with Crippen molar-refractivity contribution in [2.24, 2.45) is 0 Å². The van der Waals surface area contributed by atoms with Crippen LogP contribution in [0.25, 0.3) is 11.3 Å². The Hall–Kier alpha value is -1.65. The van der Waals surface area contributed by atoms with Crippen LogP contribution in [0.5, 0.6) is 0 Å². The third-order valence-corrected chi connectivity index (χ3v) is 4.03. The monoisotopic (exact) mass is 302 g/mol. The van der Waals surface area contributed by atoms with Gasteiger partial charge in [0.05, 0.1) is 5.69 Å². The molecule has 1 aliphatic heterocycles. The maximum atomic E-state index is 5.89. The lowest BCUT2D eigenvalue weighted by Gasteiger charge is -2.30. The van der Waals surface area contributed by atoms with Crippen LogP contribution in [0.1, 0.15) is 12.8 Å². The molecule has 1 aromatic heterocycles. The van der Waals surface area contributed by atoms with Crippen LogP contribution in [-0.4, -0.2) is 41.3 Å². The third kappa shape index (κ3) is 3.71. The summed E-state index contributed by atoms with van der Waals surface area (Å²) >= 11 is 5.89. The van der Waals surface area contributed by atoms with Gasteiger partial charge in [-0.3, -0.25) is 0 Å². The Labute approximate surface area is 130 Å². The molecule has 0 aliphatic carbocycles. The van der Waals surface area contributed by atoms with Crippen LogP contribution in [0.2, 0.25) is 5.02 Å². The van der Waals surface area contributed by atoms with E-state index in [9.17, 15) is 0 Å². The van der Waals surface area contributed by atoms with Crippen LogP contribution in [0, 0.1) is 0 Å². The van der Waals surface area contributed by atoms with Crippen molar-refractivity contribution < 1.29 is 0 Å². The second kappa shape index (κ2) is 6.41. The molecule has 1 atom stereocenters. The second-order valence-electron chi connectivity index (χ2n) is 5.56. The molecule has 3 rings (SSSR count). The van der Waals surface area contributed by atoms with Crippen molar-refractivity contribution in [2.75, 3.05) is 25.5 Å². The van der Waals surface area contributed by atoms with Gasteiger partial charge in [-0.1, -0.05) is 23.7 Å². The van der Waals surface area contributed by atoms with Crippen LogP contribution in [-0.2, 0) is 0 Å². The van der Waals surface area contributed by atoms with Crippen LogP contribution in [0.15, 0.2) is 36.4 Å². The van der Waals surface area contributed by atoms with Gasteiger partial charge in [-0.15, -0.1) is 10.2 Å². The van der Waals surface area contributed by atoms with Gasteiger partial charge in [0.1, 0.15) is 5.82 Å². The maximum absolute atomic E-state index is 5.89. The SMILES string of the molecule is CN1CCC[C@@H](Nc2ccc(-c3ccc(Cl)cc3)nn2)C1. The molecule has 2 aromatic rings. The second-order valence-corrected chi connectivity index (χ2v) is 5.99. The molecule has 110 valence electrons. The van der Waals surface area contributed by atoms with Crippen molar-refractivity contribution in [3.63, 3.8) is 0 Å². The smallest absolute Gasteiger partial charge is 0.148 e. The van der Waals surface area contributed by atoms with Crippen molar-refractivity contribution >= 4 is 17.4 Å². The van der Waals surface area contributed by atoms with E-state index in [4.69, 9.17) is 11.6 Å². The number of rotatable bonds is 3. The minimum atomic E-state index is 0.458. The average Bonchev–Trinajstić information content (AvgIpc) is 2.49. The molecule has 1 fully saturated rings. The van der Waals surface area contributed by atoms with Crippen LogP contribution in [0.4, 0.5) is 5.82 Å². The van der Waals surface area contributed by atoms with Crippen molar-refractivity contribution in [2.45, 2.75) is 18.9 Å². The van der Waals surface area contributed by atoms with Gasteiger partial charge in [0, 0.05) is 23.2 Å². The summed E-state index contributed by atoms with van der Waals surface area (Å²) in [5.41, 5.74) is 1.88. The fraction of sp³-hybridized carbons (Fsp3) is 0.375. The van der Waals surface area contributed by atoms with Crippen molar-refractivity contribution in [3.05, 3.63) is 41.4 Å². The number of likely N-dealkylation sites (N-methyl/N-ethyl adjacent to an activating group) is 1. The van der Waals surface area contributed by atoms with Gasteiger partial charge >= 0.3 is 0 Å². The van der Waals surface area contributed by atoms with Gasteiger partial charge in [0.2, 0.25) is 0 Å². The van der Waals surface area contributed by atoms with E-state index in [1.165, 1.54) is 19.4 Å². The fourth-order valence-electron chi connectivity index (χ4n) is 2.68. The highest BCUT2D eigenvalue weighted by Crippen LogP contribution is 2.20. The molecule has 2 heterocycles.